The summed E-state index contributed by atoms with van der Waals surface area (Å²) in [6.07, 6.45) is 6.29. The summed E-state index contributed by atoms with van der Waals surface area (Å²) in [7, 11) is 0. The Balaban J connectivity index is 0.000000487. The lowest BCUT2D eigenvalue weighted by Gasteiger charge is -1.94. The van der Waals surface area contributed by atoms with Crippen molar-refractivity contribution in [3.8, 4) is 0 Å². The number of benzene rings is 3. The molecule has 0 aromatic heterocycles. The molecule has 0 amide bonds. The van der Waals surface area contributed by atoms with Crippen LogP contribution < -0.4 is 0 Å². The molecule has 3 aromatic rings. The van der Waals surface area contributed by atoms with E-state index in [1.807, 2.05) is 45.9 Å². The van der Waals surface area contributed by atoms with E-state index in [4.69, 9.17) is 0 Å². The van der Waals surface area contributed by atoms with Gasteiger partial charge in [-0.15, -0.1) is 0 Å². The van der Waals surface area contributed by atoms with E-state index in [1.54, 1.807) is 0 Å². The van der Waals surface area contributed by atoms with Gasteiger partial charge in [-0.25, -0.2) is 0 Å². The molecule has 4 atom stereocenters. The Morgan fingerprint density at radius 1 is 0.512 bits per heavy atom. The van der Waals surface area contributed by atoms with Crippen LogP contribution in [-0.2, 0) is 0 Å². The molecule has 230 valence electrons. The van der Waals surface area contributed by atoms with Crippen molar-refractivity contribution in [2.24, 2.45) is 11.8 Å². The maximum absolute atomic E-state index is 10.4. The average Bonchev–Trinajstić information content (AvgIpc) is 3.81. The highest BCUT2D eigenvalue weighted by Crippen LogP contribution is 2.47. The second-order valence-electron chi connectivity index (χ2n) is 10.7. The molecule has 3 heteroatoms. The molecule has 3 aliphatic rings. The Bertz CT molecular complexity index is 882. The first-order chi connectivity index (χ1) is 19.6. The second-order valence-corrected chi connectivity index (χ2v) is 10.7. The van der Waals surface area contributed by atoms with E-state index >= 15 is 0 Å². The number of alkyl halides is 3. The van der Waals surface area contributed by atoms with Gasteiger partial charge in [0.1, 0.15) is 0 Å². The van der Waals surface area contributed by atoms with E-state index in [2.05, 4.69) is 93.6 Å². The minimum Gasteiger partial charge on any atom is -0.172 e. The molecule has 3 saturated carbocycles. The maximum Gasteiger partial charge on any atom is 0.386 e. The highest BCUT2D eigenvalue weighted by atomic mass is 19.4. The number of rotatable bonds is 2. The molecule has 0 radical (unpaired) electrons. The molecular weight excluding hydrogens is 513 g/mol. The molecule has 6 rings (SSSR count). The molecule has 0 saturated heterocycles. The lowest BCUT2D eigenvalue weighted by Crippen LogP contribution is -1.95. The minimum atomic E-state index is -4.00. The van der Waals surface area contributed by atoms with Gasteiger partial charge < -0.3 is 0 Å². The lowest BCUT2D eigenvalue weighted by atomic mass is 10.1. The smallest absolute Gasteiger partial charge is 0.172 e. The quantitative estimate of drug-likeness (QED) is 0.287. The maximum atomic E-state index is 10.4. The lowest BCUT2D eigenvalue weighted by molar-refractivity contribution is -0.110. The zero-order chi connectivity index (χ0) is 31.1. The predicted molar refractivity (Wildman–Crippen MR) is 175 cm³/mol. The SMILES string of the molecule is C1CCCC1.CC.CC.CC(F)(F)F.CC1CC1c1ccccc1.CC1CC1c1ccccc1.Cc1ccccc1. The van der Waals surface area contributed by atoms with Crippen LogP contribution in [-0.4, -0.2) is 6.18 Å². The average molecular weight is 571 g/mol. The Morgan fingerprint density at radius 3 is 0.902 bits per heavy atom. The first-order valence-corrected chi connectivity index (χ1v) is 15.8. The van der Waals surface area contributed by atoms with Crippen molar-refractivity contribution in [3.05, 3.63) is 108 Å². The zero-order valence-electron chi connectivity index (χ0n) is 27.1. The van der Waals surface area contributed by atoms with Crippen molar-refractivity contribution >= 4 is 0 Å². The van der Waals surface area contributed by atoms with Gasteiger partial charge in [-0.2, -0.15) is 13.2 Å². The molecule has 3 aromatic carbocycles. The molecule has 4 unspecified atom stereocenters. The normalized spacial score (nSPS) is 20.9. The summed E-state index contributed by atoms with van der Waals surface area (Å²) in [4.78, 5) is 0. The number of aryl methyl sites for hydroxylation is 1. The van der Waals surface area contributed by atoms with Crippen LogP contribution in [0.1, 0.15) is 122 Å². The molecule has 3 aliphatic carbocycles. The van der Waals surface area contributed by atoms with E-state index in [1.165, 1.54) is 61.6 Å². The van der Waals surface area contributed by atoms with Crippen LogP contribution >= 0.6 is 0 Å². The van der Waals surface area contributed by atoms with Crippen molar-refractivity contribution in [3.63, 3.8) is 0 Å². The van der Waals surface area contributed by atoms with Crippen molar-refractivity contribution in [1.82, 2.24) is 0 Å². The first-order valence-electron chi connectivity index (χ1n) is 15.8. The topological polar surface area (TPSA) is 0 Å². The predicted octanol–water partition coefficient (Wildman–Crippen LogP) is 13.2. The number of hydrogen-bond acceptors (Lipinski definition) is 0. The van der Waals surface area contributed by atoms with E-state index in [9.17, 15) is 13.2 Å². The van der Waals surface area contributed by atoms with Crippen LogP contribution in [0.2, 0.25) is 0 Å². The molecule has 41 heavy (non-hydrogen) atoms. The van der Waals surface area contributed by atoms with Gasteiger partial charge in [0.05, 0.1) is 0 Å². The van der Waals surface area contributed by atoms with E-state index in [0.29, 0.717) is 0 Å². The fraction of sp³-hybridized carbons (Fsp3) is 0.526. The zero-order valence-corrected chi connectivity index (χ0v) is 27.1. The first kappa shape index (κ1) is 38.5. The molecule has 3 fully saturated rings. The van der Waals surface area contributed by atoms with Crippen LogP contribution in [0.5, 0.6) is 0 Å². The molecule has 0 aliphatic heterocycles. The summed E-state index contributed by atoms with van der Waals surface area (Å²) in [6, 6.07) is 31.8. The number of hydrogen-bond donors (Lipinski definition) is 0. The van der Waals surface area contributed by atoms with Crippen LogP contribution in [0.25, 0.3) is 0 Å². The van der Waals surface area contributed by atoms with Crippen molar-refractivity contribution < 1.29 is 13.2 Å². The Labute approximate surface area is 250 Å². The van der Waals surface area contributed by atoms with Crippen LogP contribution in [0.3, 0.4) is 0 Å². The van der Waals surface area contributed by atoms with Crippen molar-refractivity contribution in [2.75, 3.05) is 0 Å². The third-order valence-corrected chi connectivity index (χ3v) is 6.86. The summed E-state index contributed by atoms with van der Waals surface area (Å²) in [5.74, 6) is 3.62. The van der Waals surface area contributed by atoms with Gasteiger partial charge in [-0.05, 0) is 54.6 Å². The summed E-state index contributed by atoms with van der Waals surface area (Å²) < 4.78 is 31.1. The summed E-state index contributed by atoms with van der Waals surface area (Å²) >= 11 is 0. The summed E-state index contributed by atoms with van der Waals surface area (Å²) in [6.45, 7) is 14.9. The number of halogens is 3. The Morgan fingerprint density at radius 2 is 0.732 bits per heavy atom. The van der Waals surface area contributed by atoms with E-state index < -0.39 is 6.18 Å². The third kappa shape index (κ3) is 21.8. The minimum absolute atomic E-state index is 0.188. The van der Waals surface area contributed by atoms with Gasteiger partial charge in [0.15, 0.2) is 0 Å². The fourth-order valence-electron chi connectivity index (χ4n) is 4.39. The molecule has 0 heterocycles. The Hall–Kier alpha value is -2.55. The molecule has 0 nitrogen and oxygen atoms in total. The van der Waals surface area contributed by atoms with Gasteiger partial charge in [0.25, 0.3) is 0 Å². The molecule has 0 bridgehead atoms. The standard InChI is InChI=1S/2C10H12.C7H8.C5H10.C2H3F3.2C2H6/c2*1-8-7-10(8)9-5-3-2-4-6-9;1-7-5-3-2-4-6-7;1-2-4-5-3-1;1-2(3,4)5;2*1-2/h2*2-6,8,10H,7H2,1H3;2-6H,1H3;1-5H2;1H3;2*1-2H3. The van der Waals surface area contributed by atoms with Gasteiger partial charge in [-0.3, -0.25) is 0 Å². The second kappa shape index (κ2) is 23.1. The van der Waals surface area contributed by atoms with Gasteiger partial charge in [0.2, 0.25) is 0 Å². The van der Waals surface area contributed by atoms with Gasteiger partial charge in [0, 0.05) is 6.92 Å². The molecular formula is C38H57F3. The van der Waals surface area contributed by atoms with Crippen LogP contribution in [0.4, 0.5) is 13.2 Å². The Kier molecular flexibility index (Phi) is 21.6. The van der Waals surface area contributed by atoms with E-state index in [-0.39, 0.29) is 6.92 Å². The van der Waals surface area contributed by atoms with Crippen LogP contribution in [0, 0.1) is 18.8 Å². The summed E-state index contributed by atoms with van der Waals surface area (Å²) in [5, 5.41) is 0. The van der Waals surface area contributed by atoms with Gasteiger partial charge >= 0.3 is 6.18 Å². The van der Waals surface area contributed by atoms with Crippen LogP contribution in [0.15, 0.2) is 91.0 Å². The fourth-order valence-corrected chi connectivity index (χ4v) is 4.39. The monoisotopic (exact) mass is 570 g/mol. The van der Waals surface area contributed by atoms with E-state index in [0.717, 1.165) is 23.7 Å². The molecule has 0 spiro atoms. The highest BCUT2D eigenvalue weighted by Gasteiger charge is 2.33. The largest absolute Gasteiger partial charge is 0.386 e. The van der Waals surface area contributed by atoms with Gasteiger partial charge in [-0.1, -0.05) is 170 Å². The van der Waals surface area contributed by atoms with Crippen molar-refractivity contribution in [2.45, 2.75) is 118 Å². The van der Waals surface area contributed by atoms with Crippen molar-refractivity contribution in [1.29, 1.82) is 0 Å². The molecule has 0 N–H and O–H groups in total. The summed E-state index contributed by atoms with van der Waals surface area (Å²) in [5.41, 5.74) is 4.37. The third-order valence-electron chi connectivity index (χ3n) is 6.86. The highest BCUT2D eigenvalue weighted by molar-refractivity contribution is 5.25.